The Kier molecular flexibility index (Phi) is 2.75. The van der Waals surface area contributed by atoms with E-state index in [9.17, 15) is 4.79 Å². The number of rotatable bonds is 1. The van der Waals surface area contributed by atoms with Crippen molar-refractivity contribution in [3.8, 4) is 0 Å². The fourth-order valence-electron chi connectivity index (χ4n) is 2.11. The van der Waals surface area contributed by atoms with E-state index < -0.39 is 0 Å². The topological polar surface area (TPSA) is 42.0 Å². The van der Waals surface area contributed by atoms with Gasteiger partial charge in [-0.25, -0.2) is 0 Å². The number of pyridine rings is 1. The van der Waals surface area contributed by atoms with E-state index in [4.69, 9.17) is 0 Å². The second-order valence-corrected chi connectivity index (χ2v) is 6.04. The minimum absolute atomic E-state index is 0.0724. The number of thiophene rings is 1. The summed E-state index contributed by atoms with van der Waals surface area (Å²) in [5, 5.41) is 2.85. The zero-order valence-corrected chi connectivity index (χ0v) is 11.9. The average Bonchev–Trinajstić information content (AvgIpc) is 2.82. The first-order valence-corrected chi connectivity index (χ1v) is 6.94. The predicted octanol–water partition coefficient (Wildman–Crippen LogP) is 3.56. The summed E-state index contributed by atoms with van der Waals surface area (Å²) >= 11 is 1.70. The smallest absolute Gasteiger partial charge is 0.258 e. The lowest BCUT2D eigenvalue weighted by atomic mass is 10.1. The lowest BCUT2D eigenvalue weighted by Gasteiger charge is -1.98. The molecule has 0 atom stereocenters. The molecule has 96 valence electrons. The van der Waals surface area contributed by atoms with Crippen LogP contribution >= 0.6 is 11.3 Å². The van der Waals surface area contributed by atoms with Gasteiger partial charge in [-0.3, -0.25) is 9.78 Å². The Labute approximate surface area is 116 Å². The molecule has 1 aliphatic rings. The molecular weight excluding hydrogens is 256 g/mol. The van der Waals surface area contributed by atoms with Gasteiger partial charge in [0.25, 0.3) is 5.91 Å². The van der Waals surface area contributed by atoms with E-state index in [-0.39, 0.29) is 5.91 Å². The van der Waals surface area contributed by atoms with Crippen molar-refractivity contribution >= 4 is 34.6 Å². The summed E-state index contributed by atoms with van der Waals surface area (Å²) in [6.07, 6.45) is 1.93. The van der Waals surface area contributed by atoms with Crippen LogP contribution in [-0.2, 0) is 4.79 Å². The van der Waals surface area contributed by atoms with E-state index in [1.807, 2.05) is 25.1 Å². The van der Waals surface area contributed by atoms with Gasteiger partial charge in [0.1, 0.15) is 0 Å². The predicted molar refractivity (Wildman–Crippen MR) is 79.3 cm³/mol. The van der Waals surface area contributed by atoms with Gasteiger partial charge in [0, 0.05) is 15.4 Å². The highest BCUT2D eigenvalue weighted by Crippen LogP contribution is 2.33. The van der Waals surface area contributed by atoms with Crippen molar-refractivity contribution in [3.63, 3.8) is 0 Å². The number of anilines is 1. The van der Waals surface area contributed by atoms with Gasteiger partial charge >= 0.3 is 0 Å². The molecule has 0 saturated carbocycles. The molecule has 0 aliphatic carbocycles. The highest BCUT2D eigenvalue weighted by molar-refractivity contribution is 7.13. The van der Waals surface area contributed by atoms with Gasteiger partial charge in [-0.1, -0.05) is 0 Å². The van der Waals surface area contributed by atoms with E-state index in [0.717, 1.165) is 22.0 Å². The third kappa shape index (κ3) is 2.08. The van der Waals surface area contributed by atoms with Crippen LogP contribution in [0.25, 0.3) is 11.6 Å². The first-order chi connectivity index (χ1) is 9.04. The van der Waals surface area contributed by atoms with Crippen LogP contribution in [0.15, 0.2) is 18.2 Å². The summed E-state index contributed by atoms with van der Waals surface area (Å²) in [6, 6.07) is 5.91. The minimum Gasteiger partial charge on any atom is -0.320 e. The van der Waals surface area contributed by atoms with Crippen LogP contribution in [0.2, 0.25) is 0 Å². The molecule has 3 nitrogen and oxygen atoms in total. The molecule has 0 unspecified atom stereocenters. The maximum Gasteiger partial charge on any atom is 0.258 e. The largest absolute Gasteiger partial charge is 0.320 e. The Morgan fingerprint density at radius 1 is 1.26 bits per heavy atom. The Bertz CT molecular complexity index is 693. The monoisotopic (exact) mass is 270 g/mol. The van der Waals surface area contributed by atoms with Crippen LogP contribution < -0.4 is 5.32 Å². The van der Waals surface area contributed by atoms with Crippen molar-refractivity contribution in [1.82, 2.24) is 4.98 Å². The Morgan fingerprint density at radius 3 is 2.74 bits per heavy atom. The summed E-state index contributed by atoms with van der Waals surface area (Å²) in [5.74, 6) is -0.0724. The number of hydrogen-bond donors (Lipinski definition) is 1. The number of amides is 1. The zero-order valence-electron chi connectivity index (χ0n) is 11.1. The second kappa shape index (κ2) is 4.31. The molecule has 1 N–H and O–H groups in total. The average molecular weight is 270 g/mol. The highest BCUT2D eigenvalue weighted by Gasteiger charge is 2.25. The summed E-state index contributed by atoms with van der Waals surface area (Å²) in [4.78, 5) is 18.9. The van der Waals surface area contributed by atoms with Gasteiger partial charge in [0.15, 0.2) is 0 Å². The maximum absolute atomic E-state index is 12.0. The number of nitrogens with zero attached hydrogens (tertiary/aromatic N) is 1. The van der Waals surface area contributed by atoms with E-state index >= 15 is 0 Å². The summed E-state index contributed by atoms with van der Waals surface area (Å²) in [7, 11) is 0. The van der Waals surface area contributed by atoms with Crippen LogP contribution in [0.5, 0.6) is 0 Å². The number of carbonyl (C=O) groups is 1. The van der Waals surface area contributed by atoms with Crippen molar-refractivity contribution in [3.05, 3.63) is 44.9 Å². The lowest BCUT2D eigenvalue weighted by Crippen LogP contribution is -2.03. The molecule has 1 aliphatic heterocycles. The van der Waals surface area contributed by atoms with Crippen molar-refractivity contribution in [1.29, 1.82) is 0 Å². The maximum atomic E-state index is 12.0. The quantitative estimate of drug-likeness (QED) is 0.805. The fourth-order valence-corrected chi connectivity index (χ4v) is 3.10. The number of fused-ring (bicyclic) bond motifs is 1. The normalized spacial score (nSPS) is 15.7. The molecule has 19 heavy (non-hydrogen) atoms. The van der Waals surface area contributed by atoms with Gasteiger partial charge in [0.2, 0.25) is 0 Å². The van der Waals surface area contributed by atoms with E-state index in [1.54, 1.807) is 11.3 Å². The van der Waals surface area contributed by atoms with E-state index in [2.05, 4.69) is 30.2 Å². The molecule has 0 fully saturated rings. The molecule has 0 saturated heterocycles. The van der Waals surface area contributed by atoms with Gasteiger partial charge in [0.05, 0.1) is 17.0 Å². The van der Waals surface area contributed by atoms with Gasteiger partial charge < -0.3 is 5.32 Å². The summed E-state index contributed by atoms with van der Waals surface area (Å²) in [5.41, 5.74) is 4.38. The Balaban J connectivity index is 2.11. The Hall–Kier alpha value is -1.94. The highest BCUT2D eigenvalue weighted by atomic mass is 32.1. The standard InChI is InChI=1S/C15H14N2OS/c1-8-6-11(19-10(8)3)7-12-14-13(17-15(12)18)5-4-9(2)16-14/h4-7H,1-3H3,(H,17,18). The van der Waals surface area contributed by atoms with Crippen LogP contribution in [0.3, 0.4) is 0 Å². The molecule has 0 bridgehead atoms. The second-order valence-electron chi connectivity index (χ2n) is 4.75. The summed E-state index contributed by atoms with van der Waals surface area (Å²) < 4.78 is 0. The Morgan fingerprint density at radius 2 is 2.05 bits per heavy atom. The van der Waals surface area contributed by atoms with Gasteiger partial charge in [-0.05, 0) is 50.6 Å². The first-order valence-electron chi connectivity index (χ1n) is 6.12. The fraction of sp³-hybridized carbons (Fsp3) is 0.200. The lowest BCUT2D eigenvalue weighted by molar-refractivity contribution is -0.110. The molecule has 0 spiro atoms. The van der Waals surface area contributed by atoms with Crippen molar-refractivity contribution in [2.75, 3.05) is 5.32 Å². The van der Waals surface area contributed by atoms with Gasteiger partial charge in [-0.15, -0.1) is 11.3 Å². The molecule has 0 radical (unpaired) electrons. The van der Waals surface area contributed by atoms with Gasteiger partial charge in [-0.2, -0.15) is 0 Å². The van der Waals surface area contributed by atoms with E-state index in [1.165, 1.54) is 10.4 Å². The molecular formula is C15H14N2OS. The van der Waals surface area contributed by atoms with Crippen molar-refractivity contribution < 1.29 is 4.79 Å². The number of hydrogen-bond acceptors (Lipinski definition) is 3. The molecule has 3 rings (SSSR count). The van der Waals surface area contributed by atoms with Crippen molar-refractivity contribution in [2.24, 2.45) is 0 Å². The number of nitrogens with one attached hydrogen (secondary N) is 1. The summed E-state index contributed by atoms with van der Waals surface area (Å²) in [6.45, 7) is 6.10. The SMILES string of the molecule is Cc1ccc2c(n1)C(=Cc1cc(C)c(C)s1)C(=O)N2. The zero-order chi connectivity index (χ0) is 13.6. The van der Waals surface area contributed by atoms with Crippen LogP contribution in [0.4, 0.5) is 5.69 Å². The van der Waals surface area contributed by atoms with Crippen LogP contribution in [0.1, 0.15) is 26.7 Å². The first kappa shape index (κ1) is 12.1. The third-order valence-electron chi connectivity index (χ3n) is 3.25. The molecule has 1 amide bonds. The third-order valence-corrected chi connectivity index (χ3v) is 4.35. The number of aryl methyl sites for hydroxylation is 3. The molecule has 0 aromatic carbocycles. The molecule has 2 aromatic rings. The van der Waals surface area contributed by atoms with Crippen LogP contribution in [-0.4, -0.2) is 10.9 Å². The molecule has 4 heteroatoms. The molecule has 2 aromatic heterocycles. The van der Waals surface area contributed by atoms with Crippen LogP contribution in [0, 0.1) is 20.8 Å². The van der Waals surface area contributed by atoms with Crippen molar-refractivity contribution in [2.45, 2.75) is 20.8 Å². The van der Waals surface area contributed by atoms with E-state index in [0.29, 0.717) is 5.57 Å². The minimum atomic E-state index is -0.0724. The number of carbonyl (C=O) groups excluding carboxylic acids is 1. The molecule has 3 heterocycles. The number of aromatic nitrogens is 1.